The van der Waals surface area contributed by atoms with Crippen molar-refractivity contribution in [3.05, 3.63) is 341 Å². The third-order valence-corrected chi connectivity index (χ3v) is 18.9. The van der Waals surface area contributed by atoms with Crippen molar-refractivity contribution in [3.63, 3.8) is 0 Å². The van der Waals surface area contributed by atoms with E-state index in [2.05, 4.69) is 254 Å². The Bertz CT molecular complexity index is 4250. The van der Waals surface area contributed by atoms with E-state index in [0.717, 1.165) is 6.42 Å². The van der Waals surface area contributed by atoms with Gasteiger partial charge in [0.15, 0.2) is 0 Å². The zero-order chi connectivity index (χ0) is 52.2. The Labute approximate surface area is 460 Å². The number of rotatable bonds is 6. The predicted octanol–water partition coefficient (Wildman–Crippen LogP) is 19.6. The molecule has 0 aliphatic heterocycles. The second kappa shape index (κ2) is 17.0. The zero-order valence-electron chi connectivity index (χ0n) is 45.3. The minimum atomic E-state index is 0.198. The smallest absolute Gasteiger partial charge is 0.0357 e. The molecule has 0 heterocycles. The van der Waals surface area contributed by atoms with Gasteiger partial charge in [0.25, 0.3) is 0 Å². The minimum Gasteiger partial charge on any atom is -0.0691 e. The first-order chi connectivity index (χ1) is 38.1. The van der Waals surface area contributed by atoms with Crippen LogP contribution < -0.4 is 0 Å². The SMILES string of the molecule is CC1=CC2=CC=C3C4=C(C=CC(=C1)C24)C(c1ccc(-c2cc(-c4ccc(C5=C6C=CC7=C8C(=CC=C(C(C)=C5)C68)CC(C)=C7)cc4)cc(-c4ccc(C5C=C(C)C6=C7C5=CC=C5C=C(C)C=C(C=C6)C57)cc4)c2)cc1)=CC3C. The standard InChI is InChI=1S/C78H60/c1-43-31-55-19-25-64-46(4)37-70(67-28-22-58(34-43)73(55)76(64)67)52-13-7-49(8-14-52)61-40-62(50-9-15-53(16-10-50)71-38-47(5)65-26-20-56-32-44(2)35-59-23-29-68(71)77(65)74(56)59)42-63(41-61)51-11-17-54(18-12-51)72-39-48(6)66-27-21-57-33-45(3)36-60-24-30-69(72)78(66)75(57)60/h7-32,34-42,46,71,73-74,78H,33H2,1-6H3. The zero-order valence-corrected chi connectivity index (χ0v) is 45.3. The second-order valence-electron chi connectivity index (χ2n) is 23.9. The molecule has 0 bridgehead atoms. The van der Waals surface area contributed by atoms with Crippen molar-refractivity contribution in [2.45, 2.75) is 53.9 Å². The van der Waals surface area contributed by atoms with Crippen LogP contribution in [0.15, 0.2) is 324 Å². The summed E-state index contributed by atoms with van der Waals surface area (Å²) in [6.07, 6.45) is 48.9. The quantitative estimate of drug-likeness (QED) is 0.181. The number of hydrogen-bond acceptors (Lipinski definition) is 0. The topological polar surface area (TPSA) is 0 Å². The van der Waals surface area contributed by atoms with Crippen molar-refractivity contribution in [2.24, 2.45) is 23.7 Å². The largest absolute Gasteiger partial charge is 0.0691 e. The van der Waals surface area contributed by atoms with Crippen molar-refractivity contribution in [2.75, 3.05) is 0 Å². The molecule has 372 valence electrons. The fraction of sp³-hybridized carbons (Fsp3) is 0.154. The molecule has 0 aromatic heterocycles. The summed E-state index contributed by atoms with van der Waals surface area (Å²) < 4.78 is 0. The van der Waals surface area contributed by atoms with Crippen molar-refractivity contribution >= 4 is 11.1 Å². The lowest BCUT2D eigenvalue weighted by Gasteiger charge is -2.39. The maximum atomic E-state index is 2.49. The van der Waals surface area contributed by atoms with Gasteiger partial charge in [0.05, 0.1) is 0 Å². The van der Waals surface area contributed by atoms with Crippen LogP contribution in [0.4, 0.5) is 0 Å². The molecule has 4 aromatic rings. The highest BCUT2D eigenvalue weighted by Gasteiger charge is 2.40. The van der Waals surface area contributed by atoms with E-state index in [0.29, 0.717) is 23.7 Å². The van der Waals surface area contributed by atoms with Crippen LogP contribution >= 0.6 is 0 Å². The molecule has 5 unspecified atom stereocenters. The molecule has 78 heavy (non-hydrogen) atoms. The molecule has 0 heteroatoms. The van der Waals surface area contributed by atoms with Crippen molar-refractivity contribution in [1.29, 1.82) is 0 Å². The van der Waals surface area contributed by atoms with Gasteiger partial charge in [-0.15, -0.1) is 0 Å². The van der Waals surface area contributed by atoms with Gasteiger partial charge in [0.2, 0.25) is 0 Å². The van der Waals surface area contributed by atoms with Crippen LogP contribution in [-0.2, 0) is 0 Å². The van der Waals surface area contributed by atoms with Crippen LogP contribution in [-0.4, -0.2) is 0 Å². The molecule has 12 aliphatic rings. The maximum Gasteiger partial charge on any atom is 0.0357 e. The van der Waals surface area contributed by atoms with E-state index < -0.39 is 0 Å². The molecule has 0 saturated heterocycles. The van der Waals surface area contributed by atoms with E-state index in [1.54, 1.807) is 0 Å². The molecule has 12 aliphatic carbocycles. The molecular weight excluding hydrogens is 937 g/mol. The van der Waals surface area contributed by atoms with E-state index >= 15 is 0 Å². The molecule has 0 nitrogen and oxygen atoms in total. The van der Waals surface area contributed by atoms with Gasteiger partial charge in [-0.2, -0.15) is 0 Å². The van der Waals surface area contributed by atoms with E-state index in [1.807, 2.05) is 0 Å². The summed E-state index contributed by atoms with van der Waals surface area (Å²) in [7, 11) is 0. The summed E-state index contributed by atoms with van der Waals surface area (Å²) in [4.78, 5) is 0. The Kier molecular flexibility index (Phi) is 9.91. The van der Waals surface area contributed by atoms with Crippen molar-refractivity contribution in [3.8, 4) is 33.4 Å². The lowest BCUT2D eigenvalue weighted by molar-refractivity contribution is 0.761. The first-order valence-electron chi connectivity index (χ1n) is 28.4. The van der Waals surface area contributed by atoms with E-state index in [-0.39, 0.29) is 5.92 Å². The fourth-order valence-electron chi connectivity index (χ4n) is 15.4. The highest BCUT2D eigenvalue weighted by molar-refractivity contribution is 5.92. The summed E-state index contributed by atoms with van der Waals surface area (Å²) in [5, 5.41) is 0. The third-order valence-electron chi connectivity index (χ3n) is 18.9. The molecule has 0 radical (unpaired) electrons. The Morgan fingerprint density at radius 3 is 1.60 bits per heavy atom. The molecule has 0 spiro atoms. The Hall–Kier alpha value is -8.58. The van der Waals surface area contributed by atoms with Gasteiger partial charge in [-0.1, -0.05) is 218 Å². The Morgan fingerprint density at radius 2 is 0.949 bits per heavy atom. The predicted molar refractivity (Wildman–Crippen MR) is 327 cm³/mol. The van der Waals surface area contributed by atoms with Gasteiger partial charge >= 0.3 is 0 Å². The van der Waals surface area contributed by atoms with Gasteiger partial charge in [-0.05, 0) is 215 Å². The number of benzene rings is 4. The molecular formula is C78H60. The van der Waals surface area contributed by atoms with Crippen LogP contribution in [0, 0.1) is 23.7 Å². The Balaban J connectivity index is 0.768. The highest BCUT2D eigenvalue weighted by Crippen LogP contribution is 2.56. The number of allylic oxidation sites excluding steroid dienone is 42. The van der Waals surface area contributed by atoms with Crippen LogP contribution in [0.5, 0.6) is 0 Å². The molecule has 0 saturated carbocycles. The van der Waals surface area contributed by atoms with Crippen LogP contribution in [0.1, 0.15) is 70.6 Å². The van der Waals surface area contributed by atoms with Gasteiger partial charge in [0, 0.05) is 29.6 Å². The summed E-state index contributed by atoms with van der Waals surface area (Å²) in [6, 6.07) is 35.6. The summed E-state index contributed by atoms with van der Waals surface area (Å²) in [5.41, 5.74) is 42.2. The van der Waals surface area contributed by atoms with Crippen LogP contribution in [0.25, 0.3) is 44.5 Å². The summed E-state index contributed by atoms with van der Waals surface area (Å²) >= 11 is 0. The van der Waals surface area contributed by atoms with Crippen LogP contribution in [0.2, 0.25) is 0 Å². The molecule has 4 aromatic carbocycles. The lowest BCUT2D eigenvalue weighted by Crippen LogP contribution is -2.25. The van der Waals surface area contributed by atoms with Gasteiger partial charge in [-0.25, -0.2) is 0 Å². The monoisotopic (exact) mass is 996 g/mol. The van der Waals surface area contributed by atoms with E-state index in [4.69, 9.17) is 0 Å². The summed E-state index contributed by atoms with van der Waals surface area (Å²) in [6.45, 7) is 13.7. The first kappa shape index (κ1) is 45.6. The third kappa shape index (κ3) is 6.91. The minimum absolute atomic E-state index is 0.198. The molecule has 5 atom stereocenters. The van der Waals surface area contributed by atoms with Gasteiger partial charge < -0.3 is 0 Å². The number of hydrogen-bond donors (Lipinski definition) is 0. The van der Waals surface area contributed by atoms with Crippen molar-refractivity contribution < 1.29 is 0 Å². The normalized spacial score (nSPS) is 25.3. The fourth-order valence-corrected chi connectivity index (χ4v) is 15.4. The van der Waals surface area contributed by atoms with E-state index in [9.17, 15) is 0 Å². The molecule has 0 amide bonds. The van der Waals surface area contributed by atoms with Gasteiger partial charge in [0.1, 0.15) is 0 Å². The highest BCUT2D eigenvalue weighted by atomic mass is 14.4. The summed E-state index contributed by atoms with van der Waals surface area (Å²) in [5.74, 6) is 1.46. The van der Waals surface area contributed by atoms with Crippen LogP contribution in [0.3, 0.4) is 0 Å². The van der Waals surface area contributed by atoms with E-state index in [1.165, 1.54) is 173 Å². The lowest BCUT2D eigenvalue weighted by atomic mass is 9.64. The molecule has 0 fully saturated rings. The maximum absolute atomic E-state index is 2.49. The Morgan fingerprint density at radius 1 is 0.385 bits per heavy atom. The molecule has 16 rings (SSSR count). The first-order valence-corrected chi connectivity index (χ1v) is 28.4. The van der Waals surface area contributed by atoms with Crippen molar-refractivity contribution in [1.82, 2.24) is 0 Å². The average Bonchev–Trinajstić information content (AvgIpc) is 3.60. The van der Waals surface area contributed by atoms with Gasteiger partial charge in [-0.3, -0.25) is 0 Å². The molecule has 0 N–H and O–H groups in total. The second-order valence-corrected chi connectivity index (χ2v) is 23.9. The average molecular weight is 997 g/mol.